The van der Waals surface area contributed by atoms with Crippen LogP contribution in [0.3, 0.4) is 0 Å². The maximum atomic E-state index is 13.5. The van der Waals surface area contributed by atoms with Gasteiger partial charge >= 0.3 is 0 Å². The van der Waals surface area contributed by atoms with E-state index in [4.69, 9.17) is 4.74 Å². The van der Waals surface area contributed by atoms with E-state index in [0.29, 0.717) is 12.3 Å². The van der Waals surface area contributed by atoms with Gasteiger partial charge in [0.15, 0.2) is 11.5 Å². The molecule has 5 heteroatoms. The highest BCUT2D eigenvalue weighted by Crippen LogP contribution is 2.32. The van der Waals surface area contributed by atoms with Crippen LogP contribution >= 0.6 is 0 Å². The molecular weight excluding hydrogens is 424 g/mol. The predicted octanol–water partition coefficient (Wildman–Crippen LogP) is 6.41. The number of benzene rings is 3. The molecule has 1 fully saturated rings. The van der Waals surface area contributed by atoms with Crippen LogP contribution in [0.1, 0.15) is 43.2 Å². The monoisotopic (exact) mass is 454 g/mol. The van der Waals surface area contributed by atoms with Crippen LogP contribution in [0.5, 0.6) is 11.5 Å². The lowest BCUT2D eigenvalue weighted by Gasteiger charge is -2.34. The van der Waals surface area contributed by atoms with Crippen molar-refractivity contribution in [3.63, 3.8) is 0 Å². The minimum atomic E-state index is 0.00999. The van der Waals surface area contributed by atoms with Gasteiger partial charge in [0, 0.05) is 40.5 Å². The van der Waals surface area contributed by atoms with Gasteiger partial charge in [0.2, 0.25) is 5.91 Å². The van der Waals surface area contributed by atoms with Gasteiger partial charge in [-0.15, -0.1) is 0 Å². The number of amides is 1. The smallest absolute Gasteiger partial charge is 0.247 e. The summed E-state index contributed by atoms with van der Waals surface area (Å²) < 4.78 is 5.20. The summed E-state index contributed by atoms with van der Waals surface area (Å²) in [6.45, 7) is 0.575. The highest BCUT2D eigenvalue weighted by molar-refractivity contribution is 6.09. The van der Waals surface area contributed by atoms with Crippen LogP contribution in [0.4, 0.5) is 0 Å². The van der Waals surface area contributed by atoms with Crippen molar-refractivity contribution < 1.29 is 14.6 Å². The fourth-order valence-corrected chi connectivity index (χ4v) is 5.13. The fourth-order valence-electron chi connectivity index (χ4n) is 5.13. The number of carbonyl (C=O) groups is 1. The largest absolute Gasteiger partial charge is 0.504 e. The summed E-state index contributed by atoms with van der Waals surface area (Å²) in [6.07, 6.45) is 9.07. The maximum absolute atomic E-state index is 13.5. The van der Waals surface area contributed by atoms with Crippen molar-refractivity contribution in [3.8, 4) is 11.5 Å². The zero-order valence-electron chi connectivity index (χ0n) is 19.5. The fraction of sp³-hybridized carbons (Fsp3) is 0.276. The van der Waals surface area contributed by atoms with Gasteiger partial charge in [0.1, 0.15) is 0 Å². The van der Waals surface area contributed by atoms with E-state index in [1.165, 1.54) is 24.3 Å². The lowest BCUT2D eigenvalue weighted by atomic mass is 9.93. The van der Waals surface area contributed by atoms with Gasteiger partial charge in [0.25, 0.3) is 0 Å². The van der Waals surface area contributed by atoms with Gasteiger partial charge in [-0.05, 0) is 54.3 Å². The van der Waals surface area contributed by atoms with E-state index in [1.54, 1.807) is 30.4 Å². The lowest BCUT2D eigenvalue weighted by molar-refractivity contribution is -0.129. The first-order valence-electron chi connectivity index (χ1n) is 12.0. The minimum absolute atomic E-state index is 0.00999. The van der Waals surface area contributed by atoms with Crippen LogP contribution < -0.4 is 4.74 Å². The second-order valence-electron chi connectivity index (χ2n) is 9.03. The molecule has 34 heavy (non-hydrogen) atoms. The molecule has 1 heterocycles. The van der Waals surface area contributed by atoms with Crippen LogP contribution in [0.15, 0.2) is 66.7 Å². The number of hydrogen-bond acceptors (Lipinski definition) is 3. The molecule has 5 rings (SSSR count). The third-order valence-corrected chi connectivity index (χ3v) is 6.88. The number of phenolic OH excluding ortho intramolecular Hbond substituents is 1. The predicted molar refractivity (Wildman–Crippen MR) is 137 cm³/mol. The first kappa shape index (κ1) is 22.1. The second-order valence-corrected chi connectivity index (χ2v) is 9.03. The van der Waals surface area contributed by atoms with Crippen molar-refractivity contribution in [2.75, 3.05) is 7.11 Å². The van der Waals surface area contributed by atoms with E-state index >= 15 is 0 Å². The molecule has 0 aliphatic heterocycles. The van der Waals surface area contributed by atoms with Crippen molar-refractivity contribution in [2.45, 2.75) is 44.7 Å². The molecular formula is C29H30N2O3. The average Bonchev–Trinajstić information content (AvgIpc) is 3.26. The Balaban J connectivity index is 1.48. The molecule has 4 aromatic rings. The Labute approximate surface area is 199 Å². The first-order chi connectivity index (χ1) is 16.6. The summed E-state index contributed by atoms with van der Waals surface area (Å²) in [5, 5.41) is 12.2. The molecule has 0 saturated heterocycles. The molecule has 1 aromatic heterocycles. The number of aromatic hydroxyl groups is 1. The normalized spacial score (nSPS) is 14.7. The van der Waals surface area contributed by atoms with Gasteiger partial charge in [0.05, 0.1) is 7.11 Å². The zero-order chi connectivity index (χ0) is 23.5. The Kier molecular flexibility index (Phi) is 6.26. The van der Waals surface area contributed by atoms with Gasteiger partial charge in [-0.1, -0.05) is 55.7 Å². The highest BCUT2D eigenvalue weighted by atomic mass is 16.5. The molecule has 0 unspecified atom stereocenters. The highest BCUT2D eigenvalue weighted by Gasteiger charge is 2.25. The number of rotatable bonds is 6. The molecule has 0 radical (unpaired) electrons. The number of aromatic amines is 1. The van der Waals surface area contributed by atoms with Crippen LogP contribution in [0.2, 0.25) is 0 Å². The van der Waals surface area contributed by atoms with Crippen LogP contribution in [0, 0.1) is 0 Å². The van der Waals surface area contributed by atoms with Crippen molar-refractivity contribution in [3.05, 3.63) is 77.9 Å². The molecule has 1 aliphatic carbocycles. The number of hydrogen-bond donors (Lipinski definition) is 2. The number of fused-ring (bicyclic) bond motifs is 3. The molecule has 0 atom stereocenters. The molecule has 174 valence electrons. The maximum Gasteiger partial charge on any atom is 0.247 e. The second kappa shape index (κ2) is 9.64. The SMILES string of the molecule is COc1cc(/C=C/C(=O)N(Cc2cccc3[nH]c4ccccc4c23)C2CCCCC2)ccc1O. The summed E-state index contributed by atoms with van der Waals surface area (Å²) in [7, 11) is 1.52. The number of nitrogens with zero attached hydrogens (tertiary/aromatic N) is 1. The van der Waals surface area contributed by atoms with Crippen molar-refractivity contribution in [1.82, 2.24) is 9.88 Å². The third kappa shape index (κ3) is 4.38. The first-order valence-corrected chi connectivity index (χ1v) is 12.0. The van der Waals surface area contributed by atoms with Crippen molar-refractivity contribution >= 4 is 33.8 Å². The van der Waals surface area contributed by atoms with Crippen molar-refractivity contribution in [2.24, 2.45) is 0 Å². The molecule has 1 saturated carbocycles. The average molecular weight is 455 g/mol. The Morgan fingerprint density at radius 3 is 2.68 bits per heavy atom. The van der Waals surface area contributed by atoms with E-state index in [9.17, 15) is 9.90 Å². The van der Waals surface area contributed by atoms with Crippen LogP contribution in [-0.4, -0.2) is 34.0 Å². The number of ether oxygens (including phenoxy) is 1. The molecule has 0 spiro atoms. The van der Waals surface area contributed by atoms with Crippen LogP contribution in [-0.2, 0) is 11.3 Å². The molecule has 5 nitrogen and oxygen atoms in total. The summed E-state index contributed by atoms with van der Waals surface area (Å²) in [5.41, 5.74) is 4.18. The topological polar surface area (TPSA) is 65.6 Å². The number of para-hydroxylation sites is 1. The molecule has 0 bridgehead atoms. The summed E-state index contributed by atoms with van der Waals surface area (Å²) in [4.78, 5) is 19.1. The Hall–Kier alpha value is -3.73. The van der Waals surface area contributed by atoms with E-state index in [2.05, 4.69) is 41.4 Å². The molecule has 2 N–H and O–H groups in total. The van der Waals surface area contributed by atoms with E-state index in [-0.39, 0.29) is 17.7 Å². The molecule has 1 amide bonds. The number of nitrogens with one attached hydrogen (secondary N) is 1. The number of aromatic nitrogens is 1. The number of methoxy groups -OCH3 is 1. The van der Waals surface area contributed by atoms with E-state index in [1.807, 2.05) is 11.0 Å². The number of carbonyl (C=O) groups excluding carboxylic acids is 1. The van der Waals surface area contributed by atoms with E-state index < -0.39 is 0 Å². The minimum Gasteiger partial charge on any atom is -0.504 e. The van der Waals surface area contributed by atoms with Crippen LogP contribution in [0.25, 0.3) is 27.9 Å². The molecule has 3 aromatic carbocycles. The summed E-state index contributed by atoms with van der Waals surface area (Å²) >= 11 is 0. The molecule has 1 aliphatic rings. The summed E-state index contributed by atoms with van der Waals surface area (Å²) in [6, 6.07) is 20.0. The lowest BCUT2D eigenvalue weighted by Crippen LogP contribution is -2.40. The Morgan fingerprint density at radius 1 is 1.06 bits per heavy atom. The third-order valence-electron chi connectivity index (χ3n) is 6.88. The quantitative estimate of drug-likeness (QED) is 0.331. The number of H-pyrrole nitrogens is 1. The van der Waals surface area contributed by atoms with Gasteiger partial charge in [-0.3, -0.25) is 4.79 Å². The van der Waals surface area contributed by atoms with Gasteiger partial charge < -0.3 is 19.7 Å². The van der Waals surface area contributed by atoms with Gasteiger partial charge in [-0.2, -0.15) is 0 Å². The zero-order valence-corrected chi connectivity index (χ0v) is 19.5. The Bertz CT molecular complexity index is 1350. The van der Waals surface area contributed by atoms with E-state index in [0.717, 1.165) is 47.8 Å². The van der Waals surface area contributed by atoms with Gasteiger partial charge in [-0.25, -0.2) is 0 Å². The van der Waals surface area contributed by atoms with Crippen molar-refractivity contribution in [1.29, 1.82) is 0 Å². The number of phenols is 1. The summed E-state index contributed by atoms with van der Waals surface area (Å²) in [5.74, 6) is 0.488. The Morgan fingerprint density at radius 2 is 1.85 bits per heavy atom. The standard InChI is InChI=1S/C29H30N2O3/c1-34-27-18-20(14-16-26(27)32)15-17-28(33)31(22-9-3-2-4-10-22)19-21-8-7-13-25-29(21)23-11-5-6-12-24(23)30-25/h5-8,11-18,22,30,32H,2-4,9-10,19H2,1H3/b17-15+.